The zero-order chi connectivity index (χ0) is 25.5. The lowest BCUT2D eigenvalue weighted by Gasteiger charge is -2.35. The second-order valence-corrected chi connectivity index (χ2v) is 9.92. The van der Waals surface area contributed by atoms with Crippen LogP contribution in [0.2, 0.25) is 0 Å². The number of amides is 2. The molecule has 1 saturated heterocycles. The summed E-state index contributed by atoms with van der Waals surface area (Å²) in [7, 11) is 0. The summed E-state index contributed by atoms with van der Waals surface area (Å²) in [5, 5.41) is 5.01. The van der Waals surface area contributed by atoms with Gasteiger partial charge in [-0.1, -0.05) is 42.5 Å². The van der Waals surface area contributed by atoms with E-state index in [-0.39, 0.29) is 24.2 Å². The van der Waals surface area contributed by atoms with Crippen LogP contribution in [-0.4, -0.2) is 30.3 Å². The molecule has 2 N–H and O–H groups in total. The van der Waals surface area contributed by atoms with Gasteiger partial charge in [-0.2, -0.15) is 0 Å². The van der Waals surface area contributed by atoms with Crippen molar-refractivity contribution in [3.63, 3.8) is 0 Å². The number of nitrogens with one attached hydrogen (secondary N) is 2. The van der Waals surface area contributed by atoms with E-state index in [1.54, 1.807) is 31.2 Å². The third-order valence-corrected chi connectivity index (χ3v) is 6.76. The normalized spacial score (nSPS) is 14.8. The molecular weight excluding hydrogens is 477 g/mol. The fraction of sp³-hybridized carbons (Fsp3) is 0.310. The van der Waals surface area contributed by atoms with Crippen molar-refractivity contribution < 1.29 is 14.0 Å². The van der Waals surface area contributed by atoms with Crippen LogP contribution in [-0.2, 0) is 17.8 Å². The zero-order valence-electron chi connectivity index (χ0n) is 20.3. The van der Waals surface area contributed by atoms with Crippen molar-refractivity contribution in [2.75, 3.05) is 23.3 Å². The van der Waals surface area contributed by atoms with Gasteiger partial charge < -0.3 is 15.5 Å². The van der Waals surface area contributed by atoms with Crippen LogP contribution < -0.4 is 15.5 Å². The third-order valence-electron chi connectivity index (χ3n) is 6.56. The van der Waals surface area contributed by atoms with Crippen LogP contribution in [0, 0.1) is 11.7 Å². The van der Waals surface area contributed by atoms with Gasteiger partial charge in [0.1, 0.15) is 11.2 Å². The lowest BCUT2D eigenvalue weighted by molar-refractivity contribution is -0.115. The molecule has 0 aliphatic carbocycles. The Morgan fingerprint density at radius 1 is 1.00 bits per heavy atom. The second kappa shape index (κ2) is 12.0. The molecule has 7 heteroatoms. The van der Waals surface area contributed by atoms with Crippen LogP contribution in [0.3, 0.4) is 0 Å². The van der Waals surface area contributed by atoms with E-state index in [2.05, 4.69) is 39.8 Å². The summed E-state index contributed by atoms with van der Waals surface area (Å²) in [6, 6.07) is 22.0. The van der Waals surface area contributed by atoms with Gasteiger partial charge in [-0.15, -0.1) is 11.6 Å². The molecule has 0 bridgehead atoms. The summed E-state index contributed by atoms with van der Waals surface area (Å²) in [6.45, 7) is 3.56. The van der Waals surface area contributed by atoms with Crippen LogP contribution in [0.25, 0.3) is 0 Å². The van der Waals surface area contributed by atoms with Crippen molar-refractivity contribution in [1.82, 2.24) is 5.32 Å². The van der Waals surface area contributed by atoms with Gasteiger partial charge in [-0.25, -0.2) is 4.39 Å². The Kier molecular flexibility index (Phi) is 8.60. The van der Waals surface area contributed by atoms with Crippen molar-refractivity contribution in [1.29, 1.82) is 0 Å². The molecule has 2 amide bonds. The Labute approximate surface area is 216 Å². The number of anilines is 2. The molecule has 36 heavy (non-hydrogen) atoms. The van der Waals surface area contributed by atoms with Gasteiger partial charge in [0.05, 0.1) is 5.56 Å². The van der Waals surface area contributed by atoms with E-state index in [0.29, 0.717) is 17.2 Å². The summed E-state index contributed by atoms with van der Waals surface area (Å²) in [5.74, 6) is -0.303. The van der Waals surface area contributed by atoms with Gasteiger partial charge in [0.25, 0.3) is 5.91 Å². The van der Waals surface area contributed by atoms with Gasteiger partial charge in [0.2, 0.25) is 5.91 Å². The fourth-order valence-corrected chi connectivity index (χ4v) is 4.57. The number of hydrogen-bond acceptors (Lipinski definition) is 3. The molecule has 0 radical (unpaired) electrons. The summed E-state index contributed by atoms with van der Waals surface area (Å²) >= 11 is 5.91. The van der Waals surface area contributed by atoms with E-state index < -0.39 is 5.38 Å². The van der Waals surface area contributed by atoms with Crippen molar-refractivity contribution in [2.45, 2.75) is 38.1 Å². The maximum Gasteiger partial charge on any atom is 0.253 e. The smallest absolute Gasteiger partial charge is 0.253 e. The number of nitrogens with zero attached hydrogens (tertiary/aromatic N) is 1. The van der Waals surface area contributed by atoms with E-state index in [0.717, 1.165) is 43.6 Å². The maximum absolute atomic E-state index is 13.3. The van der Waals surface area contributed by atoms with Crippen LogP contribution in [0.5, 0.6) is 0 Å². The van der Waals surface area contributed by atoms with E-state index in [9.17, 15) is 14.0 Å². The van der Waals surface area contributed by atoms with Crippen molar-refractivity contribution in [3.05, 3.63) is 95.3 Å². The standard InChI is InChI=1S/C29H31ClFN3O2/c1-20(30)28(35)33-25-11-12-27(26(18-25)29(36)32-19-23-7-9-24(31)10-8-23)34-15-13-22(14-16-34)17-21-5-3-2-4-6-21/h2-12,18,20,22H,13-17,19H2,1H3,(H,32,36)(H,33,35)/t20-/m0/s1. The summed E-state index contributed by atoms with van der Waals surface area (Å²) < 4.78 is 13.2. The number of carbonyl (C=O) groups is 2. The van der Waals surface area contributed by atoms with E-state index in [1.807, 2.05) is 12.1 Å². The highest BCUT2D eigenvalue weighted by Gasteiger charge is 2.24. The molecule has 0 aromatic heterocycles. The van der Waals surface area contributed by atoms with E-state index in [4.69, 9.17) is 11.6 Å². The minimum absolute atomic E-state index is 0.254. The van der Waals surface area contributed by atoms with Gasteiger partial charge >= 0.3 is 0 Å². The molecule has 4 rings (SSSR count). The molecule has 188 valence electrons. The number of benzene rings is 3. The minimum Gasteiger partial charge on any atom is -0.371 e. The Bertz CT molecular complexity index is 1180. The van der Waals surface area contributed by atoms with Gasteiger partial charge in [0, 0.05) is 31.0 Å². The number of rotatable bonds is 8. The number of hydrogen-bond donors (Lipinski definition) is 2. The molecule has 3 aromatic rings. The predicted molar refractivity (Wildman–Crippen MR) is 143 cm³/mol. The van der Waals surface area contributed by atoms with Gasteiger partial charge in [-0.3, -0.25) is 9.59 Å². The lowest BCUT2D eigenvalue weighted by Crippen LogP contribution is -2.36. The number of alkyl halides is 1. The third kappa shape index (κ3) is 6.85. The van der Waals surface area contributed by atoms with Crippen molar-refractivity contribution >= 4 is 34.8 Å². The van der Waals surface area contributed by atoms with Crippen molar-refractivity contribution in [2.24, 2.45) is 5.92 Å². The lowest BCUT2D eigenvalue weighted by atomic mass is 9.89. The summed E-state index contributed by atoms with van der Waals surface area (Å²) in [5.41, 5.74) is 3.99. The second-order valence-electron chi connectivity index (χ2n) is 9.27. The van der Waals surface area contributed by atoms with E-state index in [1.165, 1.54) is 17.7 Å². The number of halogens is 2. The SMILES string of the molecule is C[C@H](Cl)C(=O)Nc1ccc(N2CCC(Cc3ccccc3)CC2)c(C(=O)NCc2ccc(F)cc2)c1. The zero-order valence-corrected chi connectivity index (χ0v) is 21.1. The quantitative estimate of drug-likeness (QED) is 0.380. The molecule has 5 nitrogen and oxygen atoms in total. The first kappa shape index (κ1) is 25.7. The van der Waals surface area contributed by atoms with Gasteiger partial charge in [0.15, 0.2) is 0 Å². The maximum atomic E-state index is 13.3. The van der Waals surface area contributed by atoms with Crippen LogP contribution in [0.4, 0.5) is 15.8 Å². The highest BCUT2D eigenvalue weighted by molar-refractivity contribution is 6.32. The molecular formula is C29H31ClFN3O2. The van der Waals surface area contributed by atoms with Crippen LogP contribution in [0.1, 0.15) is 41.3 Å². The summed E-state index contributed by atoms with van der Waals surface area (Å²) in [6.07, 6.45) is 3.13. The Hall–Kier alpha value is -3.38. The van der Waals surface area contributed by atoms with E-state index >= 15 is 0 Å². The first-order chi connectivity index (χ1) is 17.4. The fourth-order valence-electron chi connectivity index (χ4n) is 4.52. The minimum atomic E-state index is -0.691. The molecule has 0 saturated carbocycles. The molecule has 0 unspecified atom stereocenters. The molecule has 1 fully saturated rings. The first-order valence-electron chi connectivity index (χ1n) is 12.3. The van der Waals surface area contributed by atoms with Crippen molar-refractivity contribution in [3.8, 4) is 0 Å². The molecule has 1 aliphatic rings. The molecule has 1 aliphatic heterocycles. The average Bonchev–Trinajstić information content (AvgIpc) is 2.89. The topological polar surface area (TPSA) is 61.4 Å². The largest absolute Gasteiger partial charge is 0.371 e. The Morgan fingerprint density at radius 3 is 2.36 bits per heavy atom. The Balaban J connectivity index is 1.49. The Morgan fingerprint density at radius 2 is 1.69 bits per heavy atom. The molecule has 1 atom stereocenters. The highest BCUT2D eigenvalue weighted by atomic mass is 35.5. The van der Waals surface area contributed by atoms with Crippen LogP contribution >= 0.6 is 11.6 Å². The molecule has 0 spiro atoms. The number of piperidine rings is 1. The highest BCUT2D eigenvalue weighted by Crippen LogP contribution is 2.30. The molecule has 3 aromatic carbocycles. The monoisotopic (exact) mass is 507 g/mol. The molecule has 1 heterocycles. The van der Waals surface area contributed by atoms with Crippen LogP contribution in [0.15, 0.2) is 72.8 Å². The van der Waals surface area contributed by atoms with Gasteiger partial charge in [-0.05, 0) is 73.6 Å². The number of carbonyl (C=O) groups excluding carboxylic acids is 2. The predicted octanol–water partition coefficient (Wildman–Crippen LogP) is 5.78. The first-order valence-corrected chi connectivity index (χ1v) is 12.7. The summed E-state index contributed by atoms with van der Waals surface area (Å²) in [4.78, 5) is 27.6. The average molecular weight is 508 g/mol.